The molecule has 0 bridgehead atoms. The molecule has 2 aromatic rings. The van der Waals surface area contributed by atoms with Crippen LogP contribution < -0.4 is 10.5 Å². The van der Waals surface area contributed by atoms with Crippen LogP contribution in [0.15, 0.2) is 28.8 Å². The highest BCUT2D eigenvalue weighted by atomic mass is 16.5. The van der Waals surface area contributed by atoms with Crippen molar-refractivity contribution in [1.82, 2.24) is 10.1 Å². The minimum absolute atomic E-state index is 0.444. The predicted octanol–water partition coefficient (Wildman–Crippen LogP) is 1.93. The van der Waals surface area contributed by atoms with Gasteiger partial charge in [0.1, 0.15) is 11.3 Å². The number of hydrogen-bond acceptors (Lipinski definition) is 5. The van der Waals surface area contributed by atoms with Gasteiger partial charge in [-0.3, -0.25) is 0 Å². The van der Waals surface area contributed by atoms with Crippen LogP contribution in [0.2, 0.25) is 0 Å². The van der Waals surface area contributed by atoms with Crippen molar-refractivity contribution in [2.45, 2.75) is 30.7 Å². The molecule has 0 spiro atoms. The molecule has 1 saturated carbocycles. The van der Waals surface area contributed by atoms with Crippen molar-refractivity contribution in [3.8, 4) is 5.75 Å². The summed E-state index contributed by atoms with van der Waals surface area (Å²) in [4.78, 5) is 4.51. The van der Waals surface area contributed by atoms with Crippen molar-refractivity contribution in [1.29, 1.82) is 0 Å². The third kappa shape index (κ3) is 1.65. The average molecular weight is 257 g/mol. The fraction of sp³-hybridized carbons (Fsp3) is 0.429. The van der Waals surface area contributed by atoms with Crippen LogP contribution in [-0.2, 0) is 5.54 Å². The standard InChI is InChI=1S/C14H15N3O2/c15-14(13-16-12(19-17-13)9-5-6-9)7-8-18-11-4-2-1-3-10(11)14/h1-4,9H,5-8,15H2. The van der Waals surface area contributed by atoms with Gasteiger partial charge in [0.05, 0.1) is 6.61 Å². The molecule has 1 aliphatic heterocycles. The lowest BCUT2D eigenvalue weighted by atomic mass is 9.85. The van der Waals surface area contributed by atoms with Gasteiger partial charge in [0.15, 0.2) is 5.82 Å². The first-order valence-corrected chi connectivity index (χ1v) is 6.63. The van der Waals surface area contributed by atoms with E-state index in [1.54, 1.807) is 0 Å². The van der Waals surface area contributed by atoms with E-state index in [1.165, 1.54) is 0 Å². The maximum atomic E-state index is 6.56. The summed E-state index contributed by atoms with van der Waals surface area (Å²) < 4.78 is 11.0. The Morgan fingerprint density at radius 2 is 2.11 bits per heavy atom. The molecule has 2 N–H and O–H groups in total. The number of nitrogens with zero attached hydrogens (tertiary/aromatic N) is 2. The van der Waals surface area contributed by atoms with Gasteiger partial charge in [0.2, 0.25) is 5.89 Å². The molecule has 1 aromatic carbocycles. The topological polar surface area (TPSA) is 74.2 Å². The van der Waals surface area contributed by atoms with Gasteiger partial charge in [-0.2, -0.15) is 4.98 Å². The molecule has 1 aliphatic carbocycles. The van der Waals surface area contributed by atoms with E-state index in [2.05, 4.69) is 10.1 Å². The molecular weight excluding hydrogens is 242 g/mol. The van der Waals surface area contributed by atoms with Crippen LogP contribution in [0.3, 0.4) is 0 Å². The zero-order valence-electron chi connectivity index (χ0n) is 10.5. The summed E-state index contributed by atoms with van der Waals surface area (Å²) in [5, 5.41) is 4.11. The Kier molecular flexibility index (Phi) is 2.20. The Balaban J connectivity index is 1.80. The predicted molar refractivity (Wildman–Crippen MR) is 67.8 cm³/mol. The first-order valence-electron chi connectivity index (χ1n) is 6.63. The minimum Gasteiger partial charge on any atom is -0.493 e. The molecule has 1 unspecified atom stereocenters. The lowest BCUT2D eigenvalue weighted by Crippen LogP contribution is -2.43. The third-order valence-corrected chi connectivity index (χ3v) is 3.89. The van der Waals surface area contributed by atoms with Gasteiger partial charge < -0.3 is 15.0 Å². The highest BCUT2D eigenvalue weighted by Crippen LogP contribution is 2.42. The van der Waals surface area contributed by atoms with E-state index in [1.807, 2.05) is 24.3 Å². The van der Waals surface area contributed by atoms with Gasteiger partial charge in [0.25, 0.3) is 0 Å². The monoisotopic (exact) mass is 257 g/mol. The molecule has 0 amide bonds. The van der Waals surface area contributed by atoms with Crippen LogP contribution >= 0.6 is 0 Å². The summed E-state index contributed by atoms with van der Waals surface area (Å²) in [6.07, 6.45) is 2.94. The Morgan fingerprint density at radius 3 is 2.95 bits per heavy atom. The smallest absolute Gasteiger partial charge is 0.229 e. The van der Waals surface area contributed by atoms with E-state index < -0.39 is 5.54 Å². The fourth-order valence-electron chi connectivity index (χ4n) is 2.56. The van der Waals surface area contributed by atoms with E-state index in [0.717, 1.165) is 30.0 Å². The maximum absolute atomic E-state index is 6.56. The number of fused-ring (bicyclic) bond motifs is 1. The van der Waals surface area contributed by atoms with Gasteiger partial charge in [-0.15, -0.1) is 0 Å². The average Bonchev–Trinajstić information content (AvgIpc) is 3.16. The molecule has 0 radical (unpaired) electrons. The second-order valence-electron chi connectivity index (χ2n) is 5.30. The van der Waals surface area contributed by atoms with Crippen molar-refractivity contribution in [3.05, 3.63) is 41.5 Å². The molecule has 1 fully saturated rings. The number of ether oxygens (including phenoxy) is 1. The Hall–Kier alpha value is -1.88. The van der Waals surface area contributed by atoms with Crippen LogP contribution in [0, 0.1) is 0 Å². The summed E-state index contributed by atoms with van der Waals surface area (Å²) >= 11 is 0. The van der Waals surface area contributed by atoms with Crippen LogP contribution in [0.25, 0.3) is 0 Å². The summed E-state index contributed by atoms with van der Waals surface area (Å²) in [5.41, 5.74) is 6.79. The lowest BCUT2D eigenvalue weighted by Gasteiger charge is -2.32. The summed E-state index contributed by atoms with van der Waals surface area (Å²) in [6.45, 7) is 0.570. The van der Waals surface area contributed by atoms with Gasteiger partial charge in [0, 0.05) is 17.9 Å². The molecule has 2 aliphatic rings. The molecule has 2 heterocycles. The summed E-state index contributed by atoms with van der Waals surface area (Å²) in [6, 6.07) is 7.80. The molecular formula is C14H15N3O2. The first-order chi connectivity index (χ1) is 9.27. The van der Waals surface area contributed by atoms with Crippen LogP contribution in [0.1, 0.15) is 42.5 Å². The van der Waals surface area contributed by atoms with E-state index >= 15 is 0 Å². The highest BCUT2D eigenvalue weighted by molar-refractivity contribution is 5.44. The SMILES string of the molecule is NC1(c2noc(C3CC3)n2)CCOc2ccccc21. The number of benzene rings is 1. The second-order valence-corrected chi connectivity index (χ2v) is 5.30. The van der Waals surface area contributed by atoms with E-state index in [9.17, 15) is 0 Å². The zero-order valence-corrected chi connectivity index (χ0v) is 10.5. The van der Waals surface area contributed by atoms with E-state index in [4.69, 9.17) is 15.0 Å². The molecule has 98 valence electrons. The maximum Gasteiger partial charge on any atom is 0.229 e. The molecule has 0 saturated heterocycles. The fourth-order valence-corrected chi connectivity index (χ4v) is 2.56. The third-order valence-electron chi connectivity index (χ3n) is 3.89. The molecule has 4 rings (SSSR count). The molecule has 1 atom stereocenters. The number of aromatic nitrogens is 2. The van der Waals surface area contributed by atoms with E-state index in [-0.39, 0.29) is 0 Å². The highest BCUT2D eigenvalue weighted by Gasteiger charge is 2.41. The second kappa shape index (κ2) is 3.81. The van der Waals surface area contributed by atoms with Crippen LogP contribution in [0.5, 0.6) is 5.75 Å². The van der Waals surface area contributed by atoms with Crippen LogP contribution in [0.4, 0.5) is 0 Å². The molecule has 19 heavy (non-hydrogen) atoms. The Labute approximate surface area is 110 Å². The normalized spacial score (nSPS) is 25.7. The Bertz CT molecular complexity index is 621. The Morgan fingerprint density at radius 1 is 1.26 bits per heavy atom. The van der Waals surface area contributed by atoms with Gasteiger partial charge >= 0.3 is 0 Å². The minimum atomic E-state index is -0.703. The quantitative estimate of drug-likeness (QED) is 0.889. The largest absolute Gasteiger partial charge is 0.493 e. The van der Waals surface area contributed by atoms with Crippen molar-refractivity contribution in [2.24, 2.45) is 5.73 Å². The first kappa shape index (κ1) is 11.0. The zero-order chi connectivity index (χ0) is 12.9. The van der Waals surface area contributed by atoms with Gasteiger partial charge in [-0.05, 0) is 18.9 Å². The van der Waals surface area contributed by atoms with Crippen molar-refractivity contribution in [2.75, 3.05) is 6.61 Å². The van der Waals surface area contributed by atoms with Crippen LogP contribution in [-0.4, -0.2) is 16.7 Å². The molecule has 5 heteroatoms. The molecule has 1 aromatic heterocycles. The lowest BCUT2D eigenvalue weighted by molar-refractivity contribution is 0.229. The van der Waals surface area contributed by atoms with Crippen molar-refractivity contribution < 1.29 is 9.26 Å². The summed E-state index contributed by atoms with van der Waals surface area (Å²) in [5.74, 6) is 2.56. The number of hydrogen-bond donors (Lipinski definition) is 1. The van der Waals surface area contributed by atoms with E-state index in [0.29, 0.717) is 24.8 Å². The summed E-state index contributed by atoms with van der Waals surface area (Å²) in [7, 11) is 0. The van der Waals surface area contributed by atoms with Crippen molar-refractivity contribution >= 4 is 0 Å². The van der Waals surface area contributed by atoms with Crippen molar-refractivity contribution in [3.63, 3.8) is 0 Å². The van der Waals surface area contributed by atoms with Gasteiger partial charge in [-0.1, -0.05) is 23.4 Å². The molecule has 5 nitrogen and oxygen atoms in total. The van der Waals surface area contributed by atoms with Gasteiger partial charge in [-0.25, -0.2) is 0 Å². The number of nitrogens with two attached hydrogens (primary N) is 1. The number of rotatable bonds is 2. The number of para-hydroxylation sites is 1.